The number of aromatic nitrogens is 3. The molecule has 1 amide bonds. The maximum Gasteiger partial charge on any atom is 0.273 e. The fourth-order valence-electron chi connectivity index (χ4n) is 1.35. The summed E-state index contributed by atoms with van der Waals surface area (Å²) in [6.45, 7) is 0.434. The minimum atomic E-state index is -0.273. The van der Waals surface area contributed by atoms with E-state index in [4.69, 9.17) is 5.11 Å². The van der Waals surface area contributed by atoms with Crippen LogP contribution in [-0.4, -0.2) is 26.4 Å². The smallest absolute Gasteiger partial charge is 0.273 e. The predicted octanol–water partition coefficient (Wildman–Crippen LogP) is 0.227. The van der Waals surface area contributed by atoms with Gasteiger partial charge in [0.05, 0.1) is 12.8 Å². The maximum absolute atomic E-state index is 11.5. The van der Waals surface area contributed by atoms with Gasteiger partial charge in [-0.15, -0.1) is 0 Å². The largest absolute Gasteiger partial charge is 0.392 e. The van der Waals surface area contributed by atoms with Gasteiger partial charge in [-0.2, -0.15) is 15.4 Å². The zero-order valence-electron chi connectivity index (χ0n) is 9.05. The lowest BCUT2D eigenvalue weighted by atomic mass is 10.1. The van der Waals surface area contributed by atoms with Gasteiger partial charge in [-0.3, -0.25) is 4.79 Å². The molecule has 6 heteroatoms. The van der Waals surface area contributed by atoms with Crippen molar-refractivity contribution in [3.05, 3.63) is 47.3 Å². The van der Waals surface area contributed by atoms with E-state index in [1.54, 1.807) is 0 Å². The molecule has 17 heavy (non-hydrogen) atoms. The molecular weight excluding hydrogens is 220 g/mol. The van der Waals surface area contributed by atoms with Crippen molar-refractivity contribution in [3.63, 3.8) is 0 Å². The second-order valence-corrected chi connectivity index (χ2v) is 3.51. The normalized spacial score (nSPS) is 10.2. The molecular formula is C11H12N4O2. The monoisotopic (exact) mass is 232 g/mol. The number of aliphatic hydroxyl groups is 1. The van der Waals surface area contributed by atoms with Crippen LogP contribution in [0.4, 0.5) is 0 Å². The van der Waals surface area contributed by atoms with Gasteiger partial charge in [0, 0.05) is 6.54 Å². The highest BCUT2D eigenvalue weighted by Crippen LogP contribution is 2.04. The van der Waals surface area contributed by atoms with Gasteiger partial charge in [0.15, 0.2) is 5.69 Å². The number of hydrogen-bond acceptors (Lipinski definition) is 4. The third kappa shape index (κ3) is 2.88. The van der Waals surface area contributed by atoms with E-state index in [0.717, 1.165) is 11.1 Å². The topological polar surface area (TPSA) is 90.9 Å². The second-order valence-electron chi connectivity index (χ2n) is 3.51. The Bertz CT molecular complexity index is 479. The number of nitrogens with one attached hydrogen (secondary N) is 2. The van der Waals surface area contributed by atoms with Gasteiger partial charge in [0.1, 0.15) is 0 Å². The molecule has 0 fully saturated rings. The van der Waals surface area contributed by atoms with Crippen LogP contribution in [0.1, 0.15) is 21.6 Å². The van der Waals surface area contributed by atoms with Crippen LogP contribution in [0.5, 0.6) is 0 Å². The Morgan fingerprint density at radius 2 is 2.00 bits per heavy atom. The summed E-state index contributed by atoms with van der Waals surface area (Å²) in [5.41, 5.74) is 2.06. The molecule has 0 aliphatic heterocycles. The summed E-state index contributed by atoms with van der Waals surface area (Å²) in [4.78, 5) is 11.5. The Morgan fingerprint density at radius 3 is 2.59 bits per heavy atom. The minimum Gasteiger partial charge on any atom is -0.392 e. The molecule has 6 nitrogen and oxygen atoms in total. The highest BCUT2D eigenvalue weighted by atomic mass is 16.3. The zero-order chi connectivity index (χ0) is 12.1. The first-order chi connectivity index (χ1) is 8.29. The third-order valence-electron chi connectivity index (χ3n) is 2.31. The first-order valence-electron chi connectivity index (χ1n) is 5.12. The lowest BCUT2D eigenvalue weighted by Crippen LogP contribution is -2.23. The van der Waals surface area contributed by atoms with E-state index in [1.165, 1.54) is 6.20 Å². The molecule has 0 bridgehead atoms. The SMILES string of the molecule is O=C(NCc1ccc(CO)cc1)c1cn[nH]n1. The van der Waals surface area contributed by atoms with Gasteiger partial charge in [0.25, 0.3) is 5.91 Å². The van der Waals surface area contributed by atoms with Gasteiger partial charge in [0.2, 0.25) is 0 Å². The Labute approximate surface area is 97.7 Å². The minimum absolute atomic E-state index is 0.0194. The molecule has 0 radical (unpaired) electrons. The van der Waals surface area contributed by atoms with Crippen molar-refractivity contribution in [2.24, 2.45) is 0 Å². The molecule has 0 aliphatic carbocycles. The number of amides is 1. The van der Waals surface area contributed by atoms with E-state index < -0.39 is 0 Å². The van der Waals surface area contributed by atoms with E-state index in [9.17, 15) is 4.79 Å². The second kappa shape index (κ2) is 5.22. The van der Waals surface area contributed by atoms with E-state index in [-0.39, 0.29) is 18.2 Å². The van der Waals surface area contributed by atoms with Crippen LogP contribution in [0, 0.1) is 0 Å². The average molecular weight is 232 g/mol. The Hall–Kier alpha value is -2.21. The Kier molecular flexibility index (Phi) is 3.46. The van der Waals surface area contributed by atoms with Crippen LogP contribution in [0.15, 0.2) is 30.5 Å². The number of rotatable bonds is 4. The maximum atomic E-state index is 11.5. The molecule has 2 rings (SSSR count). The van der Waals surface area contributed by atoms with Crippen molar-refractivity contribution in [1.82, 2.24) is 20.7 Å². The summed E-state index contributed by atoms with van der Waals surface area (Å²) in [6.07, 6.45) is 1.37. The molecule has 2 aromatic rings. The van der Waals surface area contributed by atoms with Crippen LogP contribution in [-0.2, 0) is 13.2 Å². The van der Waals surface area contributed by atoms with E-state index in [0.29, 0.717) is 6.54 Å². The fourth-order valence-corrected chi connectivity index (χ4v) is 1.35. The summed E-state index contributed by atoms with van der Waals surface area (Å²) in [5.74, 6) is -0.273. The molecule has 1 aromatic heterocycles. The van der Waals surface area contributed by atoms with E-state index >= 15 is 0 Å². The molecule has 0 saturated carbocycles. The molecule has 0 unspecified atom stereocenters. The lowest BCUT2D eigenvalue weighted by Gasteiger charge is -2.04. The van der Waals surface area contributed by atoms with E-state index in [2.05, 4.69) is 20.7 Å². The summed E-state index contributed by atoms with van der Waals surface area (Å²) >= 11 is 0. The summed E-state index contributed by atoms with van der Waals surface area (Å²) in [6, 6.07) is 7.35. The number of hydrogen-bond donors (Lipinski definition) is 3. The number of aromatic amines is 1. The van der Waals surface area contributed by atoms with Crippen LogP contribution < -0.4 is 5.32 Å². The van der Waals surface area contributed by atoms with Gasteiger partial charge >= 0.3 is 0 Å². The lowest BCUT2D eigenvalue weighted by molar-refractivity contribution is 0.0946. The summed E-state index contributed by atoms with van der Waals surface area (Å²) in [7, 11) is 0. The molecule has 0 saturated heterocycles. The van der Waals surface area contributed by atoms with Gasteiger partial charge in [-0.1, -0.05) is 24.3 Å². The van der Waals surface area contributed by atoms with Crippen LogP contribution in [0.25, 0.3) is 0 Å². The number of carbonyl (C=O) groups is 1. The van der Waals surface area contributed by atoms with Crippen molar-refractivity contribution < 1.29 is 9.90 Å². The van der Waals surface area contributed by atoms with Crippen molar-refractivity contribution in [1.29, 1.82) is 0 Å². The highest BCUT2D eigenvalue weighted by molar-refractivity contribution is 5.91. The molecule has 1 aromatic carbocycles. The predicted molar refractivity (Wildman–Crippen MR) is 59.9 cm³/mol. The standard InChI is InChI=1S/C11H12N4O2/c16-7-9-3-1-8(2-4-9)5-12-11(17)10-6-13-15-14-10/h1-4,6,16H,5,7H2,(H,12,17)(H,13,14,15). The van der Waals surface area contributed by atoms with Gasteiger partial charge in [-0.25, -0.2) is 0 Å². The van der Waals surface area contributed by atoms with Crippen molar-refractivity contribution in [2.45, 2.75) is 13.2 Å². The molecule has 0 atom stereocenters. The van der Waals surface area contributed by atoms with Gasteiger partial charge < -0.3 is 10.4 Å². The number of aliphatic hydroxyl groups excluding tert-OH is 1. The number of carbonyl (C=O) groups excluding carboxylic acids is 1. The molecule has 0 aliphatic rings. The molecule has 0 spiro atoms. The van der Waals surface area contributed by atoms with Gasteiger partial charge in [-0.05, 0) is 11.1 Å². The Morgan fingerprint density at radius 1 is 1.29 bits per heavy atom. The van der Waals surface area contributed by atoms with Crippen molar-refractivity contribution >= 4 is 5.91 Å². The van der Waals surface area contributed by atoms with Crippen LogP contribution in [0.3, 0.4) is 0 Å². The number of nitrogens with zero attached hydrogens (tertiary/aromatic N) is 2. The molecule has 3 N–H and O–H groups in total. The third-order valence-corrected chi connectivity index (χ3v) is 2.31. The summed E-state index contributed by atoms with van der Waals surface area (Å²) in [5, 5.41) is 21.2. The molecule has 88 valence electrons. The number of benzene rings is 1. The van der Waals surface area contributed by atoms with Crippen LogP contribution >= 0.6 is 0 Å². The summed E-state index contributed by atoms with van der Waals surface area (Å²) < 4.78 is 0. The molecule has 1 heterocycles. The van der Waals surface area contributed by atoms with Crippen molar-refractivity contribution in [2.75, 3.05) is 0 Å². The number of H-pyrrole nitrogens is 1. The first kappa shape index (κ1) is 11.3. The zero-order valence-corrected chi connectivity index (χ0v) is 9.05. The Balaban J connectivity index is 1.91. The highest BCUT2D eigenvalue weighted by Gasteiger charge is 2.07. The van der Waals surface area contributed by atoms with E-state index in [1.807, 2.05) is 24.3 Å². The first-order valence-corrected chi connectivity index (χ1v) is 5.12. The van der Waals surface area contributed by atoms with Crippen LogP contribution in [0.2, 0.25) is 0 Å². The average Bonchev–Trinajstić information content (AvgIpc) is 2.90. The quantitative estimate of drug-likeness (QED) is 0.703. The van der Waals surface area contributed by atoms with Crippen molar-refractivity contribution in [3.8, 4) is 0 Å². The fraction of sp³-hybridized carbons (Fsp3) is 0.182.